The molecular weight excluding hydrogens is 308 g/mol. The third kappa shape index (κ3) is 3.70. The van der Waals surface area contributed by atoms with Crippen molar-refractivity contribution in [2.24, 2.45) is 0 Å². The van der Waals surface area contributed by atoms with Crippen LogP contribution < -0.4 is 15.0 Å². The Labute approximate surface area is 140 Å². The molecule has 1 saturated heterocycles. The number of carbonyl (C=O) groups is 1. The molecule has 0 spiro atoms. The largest absolute Gasteiger partial charge is 0.497 e. The molecule has 1 aromatic heterocycles. The van der Waals surface area contributed by atoms with Crippen molar-refractivity contribution in [3.63, 3.8) is 0 Å². The number of amides is 1. The third-order valence-electron chi connectivity index (χ3n) is 3.92. The van der Waals surface area contributed by atoms with Gasteiger partial charge in [0.15, 0.2) is 5.82 Å². The summed E-state index contributed by atoms with van der Waals surface area (Å²) in [5.74, 6) is 2.04. The van der Waals surface area contributed by atoms with Gasteiger partial charge in [0.25, 0.3) is 0 Å². The molecule has 0 atom stereocenters. The number of nitrogens with one attached hydrogen (secondary N) is 1. The molecule has 0 aliphatic carbocycles. The molecule has 0 unspecified atom stereocenters. The second kappa shape index (κ2) is 7.12. The lowest BCUT2D eigenvalue weighted by Gasteiger charge is -2.34. The van der Waals surface area contributed by atoms with Crippen LogP contribution in [0.2, 0.25) is 0 Å². The van der Waals surface area contributed by atoms with Gasteiger partial charge in [-0.25, -0.2) is 0 Å². The standard InChI is InChI=1S/C16H20N6O2/c1-12(23)21-6-8-22(9-7-21)15-11-17-20-16(19-15)18-13-4-3-5-14(10-13)24-2/h3-5,10-11H,6-9H2,1-2H3,(H,18,19,20). The van der Waals surface area contributed by atoms with Crippen LogP contribution in [0.4, 0.5) is 17.5 Å². The highest BCUT2D eigenvalue weighted by atomic mass is 16.5. The number of hydrogen-bond acceptors (Lipinski definition) is 7. The minimum Gasteiger partial charge on any atom is -0.497 e. The van der Waals surface area contributed by atoms with Crippen molar-refractivity contribution in [1.29, 1.82) is 0 Å². The lowest BCUT2D eigenvalue weighted by molar-refractivity contribution is -0.129. The van der Waals surface area contributed by atoms with Crippen molar-refractivity contribution in [1.82, 2.24) is 20.1 Å². The van der Waals surface area contributed by atoms with E-state index < -0.39 is 0 Å². The summed E-state index contributed by atoms with van der Waals surface area (Å²) in [6.07, 6.45) is 1.64. The molecule has 0 radical (unpaired) electrons. The molecule has 1 amide bonds. The molecule has 8 heteroatoms. The highest BCUT2D eigenvalue weighted by Crippen LogP contribution is 2.20. The van der Waals surface area contributed by atoms with Crippen LogP contribution in [0.3, 0.4) is 0 Å². The highest BCUT2D eigenvalue weighted by Gasteiger charge is 2.20. The van der Waals surface area contributed by atoms with Crippen LogP contribution in [-0.4, -0.2) is 59.3 Å². The quantitative estimate of drug-likeness (QED) is 0.905. The van der Waals surface area contributed by atoms with Gasteiger partial charge < -0.3 is 19.9 Å². The first-order chi connectivity index (χ1) is 11.7. The van der Waals surface area contributed by atoms with E-state index in [1.165, 1.54) is 0 Å². The van der Waals surface area contributed by atoms with E-state index in [4.69, 9.17) is 4.74 Å². The topological polar surface area (TPSA) is 83.5 Å². The first-order valence-electron chi connectivity index (χ1n) is 7.77. The van der Waals surface area contributed by atoms with Crippen LogP contribution in [0.1, 0.15) is 6.92 Å². The average Bonchev–Trinajstić information content (AvgIpc) is 2.62. The van der Waals surface area contributed by atoms with Gasteiger partial charge in [0, 0.05) is 44.9 Å². The van der Waals surface area contributed by atoms with E-state index in [1.807, 2.05) is 29.2 Å². The number of piperazine rings is 1. The van der Waals surface area contributed by atoms with E-state index >= 15 is 0 Å². The zero-order valence-corrected chi connectivity index (χ0v) is 13.8. The summed E-state index contributed by atoms with van der Waals surface area (Å²) in [6.45, 7) is 4.45. The molecule has 1 fully saturated rings. The summed E-state index contributed by atoms with van der Waals surface area (Å²) in [5.41, 5.74) is 0.828. The van der Waals surface area contributed by atoms with Gasteiger partial charge in [-0.2, -0.15) is 10.1 Å². The molecule has 2 aromatic rings. The number of rotatable bonds is 4. The van der Waals surface area contributed by atoms with Crippen molar-refractivity contribution < 1.29 is 9.53 Å². The Hall–Kier alpha value is -2.90. The Morgan fingerprint density at radius 2 is 2.04 bits per heavy atom. The van der Waals surface area contributed by atoms with E-state index in [1.54, 1.807) is 20.2 Å². The average molecular weight is 328 g/mol. The molecule has 126 valence electrons. The van der Waals surface area contributed by atoms with Gasteiger partial charge in [-0.15, -0.1) is 5.10 Å². The summed E-state index contributed by atoms with van der Waals surface area (Å²) < 4.78 is 5.20. The monoisotopic (exact) mass is 328 g/mol. The molecule has 3 rings (SSSR count). The number of hydrogen-bond donors (Lipinski definition) is 1. The fourth-order valence-corrected chi connectivity index (χ4v) is 2.58. The maximum Gasteiger partial charge on any atom is 0.249 e. The Bertz CT molecular complexity index is 715. The maximum atomic E-state index is 11.4. The van der Waals surface area contributed by atoms with Crippen molar-refractivity contribution in [2.75, 3.05) is 43.5 Å². The summed E-state index contributed by atoms with van der Waals surface area (Å²) in [4.78, 5) is 19.9. The minimum atomic E-state index is 0.107. The number of ether oxygens (including phenoxy) is 1. The van der Waals surface area contributed by atoms with E-state index in [-0.39, 0.29) is 5.91 Å². The molecule has 0 saturated carbocycles. The van der Waals surface area contributed by atoms with Crippen LogP contribution in [0.5, 0.6) is 5.75 Å². The van der Waals surface area contributed by atoms with Crippen LogP contribution in [0, 0.1) is 0 Å². The van der Waals surface area contributed by atoms with Gasteiger partial charge in [0.2, 0.25) is 11.9 Å². The first kappa shape index (κ1) is 16.0. The second-order valence-corrected chi connectivity index (χ2v) is 5.49. The zero-order valence-electron chi connectivity index (χ0n) is 13.8. The third-order valence-corrected chi connectivity index (χ3v) is 3.92. The SMILES string of the molecule is COc1cccc(Nc2nncc(N3CCN(C(C)=O)CC3)n2)c1. The molecule has 0 bridgehead atoms. The minimum absolute atomic E-state index is 0.107. The molecule has 24 heavy (non-hydrogen) atoms. The molecule has 1 N–H and O–H groups in total. The molecular formula is C16H20N6O2. The van der Waals surface area contributed by atoms with Crippen LogP contribution in [0.15, 0.2) is 30.5 Å². The van der Waals surface area contributed by atoms with Crippen LogP contribution >= 0.6 is 0 Å². The van der Waals surface area contributed by atoms with E-state index in [0.29, 0.717) is 19.0 Å². The summed E-state index contributed by atoms with van der Waals surface area (Å²) in [5, 5.41) is 11.2. The Morgan fingerprint density at radius 3 is 2.75 bits per heavy atom. The number of methoxy groups -OCH3 is 1. The van der Waals surface area contributed by atoms with E-state index in [2.05, 4.69) is 25.4 Å². The smallest absolute Gasteiger partial charge is 0.249 e. The fourth-order valence-electron chi connectivity index (χ4n) is 2.58. The number of carbonyl (C=O) groups excluding carboxylic acids is 1. The number of anilines is 3. The highest BCUT2D eigenvalue weighted by molar-refractivity contribution is 5.73. The van der Waals surface area contributed by atoms with E-state index in [0.717, 1.165) is 30.3 Å². The van der Waals surface area contributed by atoms with Gasteiger partial charge in [-0.05, 0) is 12.1 Å². The molecule has 1 aliphatic heterocycles. The Balaban J connectivity index is 1.69. The fraction of sp³-hybridized carbons (Fsp3) is 0.375. The Kier molecular flexibility index (Phi) is 4.74. The lowest BCUT2D eigenvalue weighted by atomic mass is 10.3. The molecule has 2 heterocycles. The maximum absolute atomic E-state index is 11.4. The van der Waals surface area contributed by atoms with E-state index in [9.17, 15) is 4.79 Å². The van der Waals surface area contributed by atoms with Gasteiger partial charge in [-0.3, -0.25) is 4.79 Å². The molecule has 1 aromatic carbocycles. The van der Waals surface area contributed by atoms with Crippen LogP contribution in [0.25, 0.3) is 0 Å². The van der Waals surface area contributed by atoms with Crippen LogP contribution in [-0.2, 0) is 4.79 Å². The predicted molar refractivity (Wildman–Crippen MR) is 90.6 cm³/mol. The van der Waals surface area contributed by atoms with Gasteiger partial charge >= 0.3 is 0 Å². The van der Waals surface area contributed by atoms with Gasteiger partial charge in [-0.1, -0.05) is 6.07 Å². The summed E-state index contributed by atoms with van der Waals surface area (Å²) in [6, 6.07) is 7.53. The molecule has 1 aliphatic rings. The summed E-state index contributed by atoms with van der Waals surface area (Å²) in [7, 11) is 1.62. The Morgan fingerprint density at radius 1 is 1.25 bits per heavy atom. The van der Waals surface area contributed by atoms with Crippen molar-refractivity contribution in [3.8, 4) is 5.75 Å². The lowest BCUT2D eigenvalue weighted by Crippen LogP contribution is -2.48. The number of nitrogens with zero attached hydrogens (tertiary/aromatic N) is 5. The van der Waals surface area contributed by atoms with Gasteiger partial charge in [0.05, 0.1) is 13.3 Å². The first-order valence-corrected chi connectivity index (χ1v) is 7.77. The van der Waals surface area contributed by atoms with Gasteiger partial charge in [0.1, 0.15) is 5.75 Å². The zero-order chi connectivity index (χ0) is 16.9. The van der Waals surface area contributed by atoms with Crippen molar-refractivity contribution in [3.05, 3.63) is 30.5 Å². The number of benzene rings is 1. The molecule has 8 nitrogen and oxygen atoms in total. The van der Waals surface area contributed by atoms with Crippen molar-refractivity contribution >= 4 is 23.4 Å². The van der Waals surface area contributed by atoms with Crippen molar-refractivity contribution in [2.45, 2.75) is 6.92 Å². The predicted octanol–water partition coefficient (Wildman–Crippen LogP) is 1.29. The normalized spacial score (nSPS) is 14.4. The second-order valence-electron chi connectivity index (χ2n) is 5.49. The summed E-state index contributed by atoms with van der Waals surface area (Å²) >= 11 is 0. The number of aromatic nitrogens is 3.